The summed E-state index contributed by atoms with van der Waals surface area (Å²) in [7, 11) is 3.44. The Hall–Kier alpha value is -3.58. The minimum atomic E-state index is -0.147. The molecule has 32 heavy (non-hydrogen) atoms. The Morgan fingerprint density at radius 1 is 0.938 bits per heavy atom. The van der Waals surface area contributed by atoms with E-state index in [1.807, 2.05) is 60.7 Å². The first-order valence-electron chi connectivity index (χ1n) is 10.2. The number of hydrogen-bond donors (Lipinski definition) is 2. The van der Waals surface area contributed by atoms with E-state index in [1.165, 1.54) is 4.90 Å². The van der Waals surface area contributed by atoms with Gasteiger partial charge in [0.05, 0.1) is 11.0 Å². The predicted octanol–water partition coefficient (Wildman–Crippen LogP) is 4.49. The number of aromatic nitrogens is 2. The molecule has 0 spiro atoms. The summed E-state index contributed by atoms with van der Waals surface area (Å²) in [5.41, 5.74) is 5.18. The molecule has 0 unspecified atom stereocenters. The van der Waals surface area contributed by atoms with Gasteiger partial charge in [0, 0.05) is 37.5 Å². The summed E-state index contributed by atoms with van der Waals surface area (Å²) >= 11 is 1.63. The van der Waals surface area contributed by atoms with Gasteiger partial charge in [-0.2, -0.15) is 0 Å². The minimum Gasteiger partial charge on any atom is -0.348 e. The highest BCUT2D eigenvalue weighted by Gasteiger charge is 2.10. The van der Waals surface area contributed by atoms with E-state index in [2.05, 4.69) is 15.3 Å². The Kier molecular flexibility index (Phi) is 6.56. The third-order valence-corrected chi connectivity index (χ3v) is 5.94. The zero-order chi connectivity index (χ0) is 22.5. The number of fused-ring (bicyclic) bond motifs is 1. The fraction of sp³-hybridized carbons (Fsp3) is 0.160. The van der Waals surface area contributed by atoms with Crippen LogP contribution in [0.5, 0.6) is 0 Å². The number of H-pyrrole nitrogens is 1. The van der Waals surface area contributed by atoms with Crippen LogP contribution in [0.25, 0.3) is 11.0 Å². The van der Waals surface area contributed by atoms with Crippen LogP contribution in [0.4, 0.5) is 0 Å². The van der Waals surface area contributed by atoms with E-state index in [0.717, 1.165) is 33.1 Å². The van der Waals surface area contributed by atoms with Crippen molar-refractivity contribution in [2.75, 3.05) is 14.1 Å². The van der Waals surface area contributed by atoms with Crippen LogP contribution in [0.1, 0.15) is 31.8 Å². The van der Waals surface area contributed by atoms with Crippen LogP contribution in [0.2, 0.25) is 0 Å². The van der Waals surface area contributed by atoms with Gasteiger partial charge in [0.15, 0.2) is 5.16 Å². The first-order valence-corrected chi connectivity index (χ1v) is 11.2. The molecule has 1 heterocycles. The summed E-state index contributed by atoms with van der Waals surface area (Å²) in [6.45, 7) is 0.358. The largest absolute Gasteiger partial charge is 0.348 e. The number of benzene rings is 3. The van der Waals surface area contributed by atoms with Crippen molar-refractivity contribution in [3.8, 4) is 0 Å². The summed E-state index contributed by atoms with van der Waals surface area (Å²) in [6.07, 6.45) is 0. The molecule has 0 fully saturated rings. The Morgan fingerprint density at radius 2 is 1.72 bits per heavy atom. The number of thioether (sulfide) groups is 1. The summed E-state index contributed by atoms with van der Waals surface area (Å²) in [5.74, 6) is 0.550. The highest BCUT2D eigenvalue weighted by Crippen LogP contribution is 2.23. The van der Waals surface area contributed by atoms with Gasteiger partial charge >= 0.3 is 0 Å². The van der Waals surface area contributed by atoms with Crippen LogP contribution in [0.3, 0.4) is 0 Å². The van der Waals surface area contributed by atoms with E-state index in [4.69, 9.17) is 0 Å². The molecular formula is C25H24N4O2S. The monoisotopic (exact) mass is 444 g/mol. The summed E-state index contributed by atoms with van der Waals surface area (Å²) in [5, 5.41) is 3.80. The van der Waals surface area contributed by atoms with E-state index >= 15 is 0 Å². The van der Waals surface area contributed by atoms with Crippen molar-refractivity contribution in [1.82, 2.24) is 20.2 Å². The molecule has 0 bridgehead atoms. The van der Waals surface area contributed by atoms with Crippen molar-refractivity contribution in [1.29, 1.82) is 0 Å². The molecule has 0 saturated carbocycles. The average Bonchev–Trinajstić information content (AvgIpc) is 3.24. The van der Waals surface area contributed by atoms with E-state index < -0.39 is 0 Å². The molecule has 162 valence electrons. The topological polar surface area (TPSA) is 78.1 Å². The molecule has 0 aliphatic rings. The number of aromatic amines is 1. The van der Waals surface area contributed by atoms with Crippen LogP contribution in [0, 0.1) is 0 Å². The van der Waals surface area contributed by atoms with Crippen LogP contribution in [-0.2, 0) is 12.3 Å². The SMILES string of the molecule is CN(C)C(=O)c1cccc(CNC(=O)c2ccc(CSc3nc4ccccc4[nH]3)cc2)c1. The second-order valence-electron chi connectivity index (χ2n) is 7.63. The first kappa shape index (κ1) is 21.6. The lowest BCUT2D eigenvalue weighted by molar-refractivity contribution is 0.0827. The van der Waals surface area contributed by atoms with Crippen LogP contribution in [-0.4, -0.2) is 40.8 Å². The molecule has 6 nitrogen and oxygen atoms in total. The van der Waals surface area contributed by atoms with Crippen molar-refractivity contribution in [2.45, 2.75) is 17.5 Å². The number of nitrogens with zero attached hydrogens (tertiary/aromatic N) is 2. The standard InChI is InChI=1S/C25H24N4O2S/c1-29(2)24(31)20-7-5-6-18(14-20)15-26-23(30)19-12-10-17(11-13-19)16-32-25-27-21-8-3-4-9-22(21)28-25/h3-14H,15-16H2,1-2H3,(H,26,30)(H,27,28). The Labute approximate surface area is 191 Å². The number of amides is 2. The molecule has 3 aromatic carbocycles. The number of nitrogens with one attached hydrogen (secondary N) is 2. The predicted molar refractivity (Wildman–Crippen MR) is 128 cm³/mol. The van der Waals surface area contributed by atoms with Gasteiger partial charge in [-0.15, -0.1) is 0 Å². The van der Waals surface area contributed by atoms with Crippen LogP contribution in [0.15, 0.2) is 78.0 Å². The third-order valence-electron chi connectivity index (χ3n) is 4.99. The van der Waals surface area contributed by atoms with E-state index in [1.54, 1.807) is 38.0 Å². The van der Waals surface area contributed by atoms with Crippen molar-refractivity contribution in [3.05, 3.63) is 95.1 Å². The molecule has 7 heteroatoms. The van der Waals surface area contributed by atoms with Gasteiger partial charge in [0.1, 0.15) is 0 Å². The number of carbonyl (C=O) groups excluding carboxylic acids is 2. The summed E-state index contributed by atoms with van der Waals surface area (Å²) < 4.78 is 0. The molecule has 4 aromatic rings. The summed E-state index contributed by atoms with van der Waals surface area (Å²) in [4.78, 5) is 34.1. The highest BCUT2D eigenvalue weighted by molar-refractivity contribution is 7.98. The van der Waals surface area contributed by atoms with Crippen LogP contribution >= 0.6 is 11.8 Å². The number of imidazole rings is 1. The van der Waals surface area contributed by atoms with E-state index in [9.17, 15) is 9.59 Å². The Balaban J connectivity index is 1.32. The van der Waals surface area contributed by atoms with Gasteiger partial charge in [0.25, 0.3) is 11.8 Å². The maximum atomic E-state index is 12.5. The van der Waals surface area contributed by atoms with E-state index in [-0.39, 0.29) is 11.8 Å². The lowest BCUT2D eigenvalue weighted by Crippen LogP contribution is -2.24. The maximum absolute atomic E-state index is 12.5. The average molecular weight is 445 g/mol. The zero-order valence-electron chi connectivity index (χ0n) is 18.0. The second kappa shape index (κ2) is 9.70. The fourth-order valence-corrected chi connectivity index (χ4v) is 4.10. The highest BCUT2D eigenvalue weighted by atomic mass is 32.2. The van der Waals surface area contributed by atoms with Gasteiger partial charge in [-0.1, -0.05) is 48.2 Å². The molecule has 1 aromatic heterocycles. The molecule has 0 saturated heterocycles. The summed E-state index contributed by atoms with van der Waals surface area (Å²) in [6, 6.07) is 22.8. The van der Waals surface area contributed by atoms with Gasteiger partial charge in [0.2, 0.25) is 0 Å². The molecule has 0 aliphatic heterocycles. The van der Waals surface area contributed by atoms with Gasteiger partial charge in [-0.25, -0.2) is 4.98 Å². The number of rotatable bonds is 7. The Morgan fingerprint density at radius 3 is 2.47 bits per heavy atom. The van der Waals surface area contributed by atoms with Gasteiger partial charge in [-0.3, -0.25) is 9.59 Å². The minimum absolute atomic E-state index is 0.0608. The quantitative estimate of drug-likeness (QED) is 0.412. The Bertz CT molecular complexity index is 1220. The molecule has 2 N–H and O–H groups in total. The zero-order valence-corrected chi connectivity index (χ0v) is 18.8. The molecule has 2 amide bonds. The second-order valence-corrected chi connectivity index (χ2v) is 8.59. The molecular weight excluding hydrogens is 420 g/mol. The van der Waals surface area contributed by atoms with E-state index in [0.29, 0.717) is 17.7 Å². The molecule has 0 atom stereocenters. The lowest BCUT2D eigenvalue weighted by Gasteiger charge is -2.11. The van der Waals surface area contributed by atoms with Gasteiger partial charge < -0.3 is 15.2 Å². The smallest absolute Gasteiger partial charge is 0.253 e. The van der Waals surface area contributed by atoms with Crippen molar-refractivity contribution in [3.63, 3.8) is 0 Å². The number of carbonyl (C=O) groups is 2. The number of para-hydroxylation sites is 2. The van der Waals surface area contributed by atoms with Crippen molar-refractivity contribution in [2.24, 2.45) is 0 Å². The van der Waals surface area contributed by atoms with Crippen LogP contribution < -0.4 is 5.32 Å². The fourth-order valence-electron chi connectivity index (χ4n) is 3.26. The van der Waals surface area contributed by atoms with Gasteiger partial charge in [-0.05, 0) is 47.5 Å². The molecule has 0 aliphatic carbocycles. The maximum Gasteiger partial charge on any atom is 0.253 e. The normalized spacial score (nSPS) is 10.8. The molecule has 0 radical (unpaired) electrons. The first-order chi connectivity index (χ1) is 15.5. The third kappa shape index (κ3) is 5.18. The lowest BCUT2D eigenvalue weighted by atomic mass is 10.1. The van der Waals surface area contributed by atoms with Crippen molar-refractivity contribution < 1.29 is 9.59 Å². The van der Waals surface area contributed by atoms with Crippen molar-refractivity contribution >= 4 is 34.6 Å². The number of hydrogen-bond acceptors (Lipinski definition) is 4. The molecule has 4 rings (SSSR count).